The Labute approximate surface area is 776 Å². The Morgan fingerprint density at radius 3 is 1.44 bits per heavy atom. The van der Waals surface area contributed by atoms with Gasteiger partial charge < -0.3 is 72.4 Å². The van der Waals surface area contributed by atoms with Crippen molar-refractivity contribution in [3.05, 3.63) is 200 Å². The molecule has 34 nitrogen and oxygen atoms in total. The monoisotopic (exact) mass is 1880 g/mol. The van der Waals surface area contributed by atoms with Gasteiger partial charge in [0.25, 0.3) is 0 Å². The summed E-state index contributed by atoms with van der Waals surface area (Å²) < 4.78 is 96.3. The highest BCUT2D eigenvalue weighted by Gasteiger charge is 2.37. The molecule has 5 aromatic carbocycles. The number of anilines is 3. The van der Waals surface area contributed by atoms with Crippen LogP contribution >= 0.6 is 58.0 Å². The van der Waals surface area contributed by atoms with Crippen molar-refractivity contribution in [1.29, 1.82) is 0 Å². The molecule has 20 rings (SSSR count). The molecule has 14 aromatic rings. The van der Waals surface area contributed by atoms with Gasteiger partial charge in [-0.05, 0) is 112 Å². The van der Waals surface area contributed by atoms with E-state index in [2.05, 4.69) is 123 Å². The largest absolute Gasteiger partial charge is 0.456 e. The molecule has 0 aliphatic carbocycles. The fourth-order valence-electron chi connectivity index (χ4n) is 16.8. The number of aromatic nitrogens is 15. The average Bonchev–Trinajstić information content (AvgIpc) is 1.13. The summed E-state index contributed by atoms with van der Waals surface area (Å²) in [4.78, 5) is 95.9. The molecule has 131 heavy (non-hydrogen) atoms. The van der Waals surface area contributed by atoms with Crippen LogP contribution in [0.1, 0.15) is 31.9 Å². The molecule has 0 spiro atoms. The lowest BCUT2D eigenvalue weighted by Crippen LogP contribution is -2.48. The molecule has 3 amide bonds. The van der Waals surface area contributed by atoms with E-state index in [1.807, 2.05) is 29.2 Å². The van der Waals surface area contributed by atoms with E-state index >= 15 is 0 Å². The van der Waals surface area contributed by atoms with Gasteiger partial charge in [-0.2, -0.15) is 50.2 Å². The second-order valence-corrected chi connectivity index (χ2v) is 33.7. The third kappa shape index (κ3) is 18.1. The van der Waals surface area contributed by atoms with Crippen molar-refractivity contribution in [3.63, 3.8) is 0 Å². The minimum Gasteiger partial charge on any atom is -0.456 e. The normalized spacial score (nSPS) is 17.2. The van der Waals surface area contributed by atoms with Gasteiger partial charge in [-0.25, -0.2) is 18.7 Å². The van der Waals surface area contributed by atoms with Gasteiger partial charge in [0.05, 0.1) is 72.5 Å². The Morgan fingerprint density at radius 1 is 0.473 bits per heavy atom. The molecule has 9 aromatic heterocycles. The van der Waals surface area contributed by atoms with Gasteiger partial charge in [-0.15, -0.1) is 0 Å². The van der Waals surface area contributed by atoms with Gasteiger partial charge in [0.2, 0.25) is 35.4 Å². The maximum absolute atomic E-state index is 14.8. The Bertz CT molecular complexity index is 6980. The van der Waals surface area contributed by atoms with Crippen molar-refractivity contribution in [2.75, 3.05) is 148 Å². The number of benzene rings is 5. The van der Waals surface area contributed by atoms with E-state index in [0.29, 0.717) is 178 Å². The fourth-order valence-corrected chi connectivity index (χ4v) is 17.8. The van der Waals surface area contributed by atoms with Gasteiger partial charge in [-0.3, -0.25) is 34.6 Å². The standard InChI is InChI=1S/C32H30ClFN8O3.C31H28Cl2N8O3.C27H27Cl2FN8O4/c1-4-26(43)41-11-13-42(14-12-41)30-20-7-9-35-31(45-29-21-16-36-39-24(21)15-23(34)27(29)33)28(20)37-32(38-30)44-25-6-5-18(2)19-8-10-40(3)17-22(19)25;1-3-25(42)40-11-13-41(14-12-40)29-20-7-9-34-30(44-28-21-16-35-38-23(21)15-22(32)26(28)33)27(20)36-31(37-29)43-24-6-4-5-18-17-39(2)10-8-19(18)24;1-4-21(39)37-5-7-38(8-6-37)25-14-9-20(28)32-26(42-24-15-11-31-35-17(15)10-16(30)22(24)29)23(14)33-27(34-25)41-19-13-36(2)12-18(19)40-3/h4-7,9,15-16H,1,8,10-14,17H2,2-3H3,(H,36,39);3-7,9,15-16H,1,8,10-14,17H2,2H3,(H,35,38);4,9-11,18-19H,1,5-8,12-13H2,2-3H3,(H,31,35)/t;;18-,19-/m..1/s1/i;;2D3. The minimum atomic E-state index is -2.35. The third-order valence-electron chi connectivity index (χ3n) is 23.6. The number of aromatic amines is 3. The number of methoxy groups -OCH3 is 1. The van der Waals surface area contributed by atoms with Gasteiger partial charge in [0.15, 0.2) is 17.2 Å². The smallest absolute Gasteiger partial charge is 0.324 e. The lowest BCUT2D eigenvalue weighted by atomic mass is 9.94. The van der Waals surface area contributed by atoms with Crippen molar-refractivity contribution >= 4 is 159 Å². The van der Waals surface area contributed by atoms with Crippen molar-refractivity contribution in [1.82, 2.24) is 105 Å². The number of H-pyrrole nitrogens is 3. The number of carbonyl (C=O) groups excluding carboxylic acids is 3. The summed E-state index contributed by atoms with van der Waals surface area (Å²) in [5.41, 5.74) is 8.34. The predicted molar refractivity (Wildman–Crippen MR) is 493 cm³/mol. The zero-order valence-electron chi connectivity index (χ0n) is 74.0. The Balaban J connectivity index is 0.000000134. The van der Waals surface area contributed by atoms with Crippen LogP contribution in [-0.2, 0) is 45.1 Å². The zero-order chi connectivity index (χ0) is 93.7. The number of amides is 3. The minimum absolute atomic E-state index is 0.0354. The molecular weight excluding hydrogens is 1790 g/mol. The molecule has 41 heteroatoms. The summed E-state index contributed by atoms with van der Waals surface area (Å²) in [6.07, 6.45) is 12.2. The molecule has 6 aliphatic heterocycles. The molecule has 3 N–H and O–H groups in total. The Hall–Kier alpha value is -13.0. The summed E-state index contributed by atoms with van der Waals surface area (Å²) in [5.74, 6) is 1.77. The highest BCUT2D eigenvalue weighted by atomic mass is 35.5. The number of hydrogen-bond donors (Lipinski definition) is 3. The first-order valence-corrected chi connectivity index (χ1v) is 43.6. The molecule has 674 valence electrons. The molecule has 0 saturated carbocycles. The second-order valence-electron chi connectivity index (χ2n) is 31.8. The number of halogens is 7. The summed E-state index contributed by atoms with van der Waals surface area (Å²) in [7, 11) is 5.66. The van der Waals surface area contributed by atoms with Crippen LogP contribution in [0.25, 0.3) is 65.4 Å². The Morgan fingerprint density at radius 2 is 0.924 bits per heavy atom. The molecule has 0 unspecified atom stereocenters. The van der Waals surface area contributed by atoms with Crippen LogP contribution in [-0.4, -0.2) is 268 Å². The summed E-state index contributed by atoms with van der Waals surface area (Å²) >= 11 is 32.2. The van der Waals surface area contributed by atoms with Gasteiger partial charge in [0.1, 0.15) is 89.6 Å². The maximum Gasteiger partial charge on any atom is 0.324 e. The van der Waals surface area contributed by atoms with Gasteiger partial charge in [-0.1, -0.05) is 95.9 Å². The van der Waals surface area contributed by atoms with E-state index in [1.165, 1.54) is 71.5 Å². The van der Waals surface area contributed by atoms with Crippen LogP contribution < -0.4 is 43.1 Å². The number of fused-ring (bicyclic) bond motifs is 8. The van der Waals surface area contributed by atoms with Crippen molar-refractivity contribution in [3.8, 4) is 64.4 Å². The number of pyridine rings is 3. The maximum atomic E-state index is 14.8. The molecule has 4 fully saturated rings. The molecule has 2 atom stereocenters. The number of piperazine rings is 3. The molecular formula is C90H85Cl5F2N24O10. The number of aryl methyl sites for hydroxylation is 1. The van der Waals surface area contributed by atoms with Gasteiger partial charge in [0, 0.05) is 165 Å². The number of carbonyl (C=O) groups is 3. The quantitative estimate of drug-likeness (QED) is 0.0500. The molecule has 0 radical (unpaired) electrons. The summed E-state index contributed by atoms with van der Waals surface area (Å²) in [6.45, 7) is 20.0. The van der Waals surface area contributed by atoms with Crippen molar-refractivity contribution in [2.24, 2.45) is 0 Å². The highest BCUT2D eigenvalue weighted by molar-refractivity contribution is 6.44. The first-order chi connectivity index (χ1) is 64.6. The lowest BCUT2D eigenvalue weighted by Gasteiger charge is -2.35. The van der Waals surface area contributed by atoms with E-state index < -0.39 is 30.8 Å². The van der Waals surface area contributed by atoms with Crippen LogP contribution in [0.15, 0.2) is 136 Å². The number of hydrogen-bond acceptors (Lipinski definition) is 28. The van der Waals surface area contributed by atoms with Gasteiger partial charge >= 0.3 is 18.0 Å². The van der Waals surface area contributed by atoms with E-state index in [0.717, 1.165) is 50.1 Å². The second kappa shape index (κ2) is 37.8. The predicted octanol–water partition coefficient (Wildman–Crippen LogP) is 14.7. The zero-order valence-corrected chi connectivity index (χ0v) is 74.8. The molecule has 15 heterocycles. The SMILES string of the molecule is C=CC(=O)N1CCN(c2nc(Oc3ccc(C)c4c3CN(C)CC4)nc3c(Oc4c(Cl)c(F)cc5[nH]ncc45)nccc23)CC1.C=CC(=O)N1CCN(c2nc(Oc3cccc4c3CCN(C)C4)nc3c(Oc4c(Cl)c(Cl)cc5[nH]ncc45)nccc23)CC1.[2H]C([2H])([2H])N1C[C@@H](OC)[C@H](Oc2nc(N3CCN(C(=O)C=C)CC3)c3cc(Cl)nc(Oc4c(Cl)c(F)cc5[nH]ncc45)c3n2)C1. The Kier molecular flexibility index (Phi) is 24.5. The average molecular weight is 1880 g/mol. The van der Waals surface area contributed by atoms with Crippen LogP contribution in [0, 0.1) is 18.6 Å². The number of nitrogens with zero attached hydrogens (tertiary/aromatic N) is 21. The topological polar surface area (TPSA) is 347 Å². The van der Waals surface area contributed by atoms with E-state index in [4.69, 9.17) is 120 Å². The van der Waals surface area contributed by atoms with Crippen molar-refractivity contribution < 1.29 is 60.4 Å². The van der Waals surface area contributed by atoms with Crippen LogP contribution in [0.5, 0.6) is 64.4 Å². The first-order valence-electron chi connectivity index (χ1n) is 43.2. The number of nitrogens with one attached hydrogen (secondary N) is 3. The lowest BCUT2D eigenvalue weighted by molar-refractivity contribution is -0.127. The number of rotatable bonds is 19. The fraction of sp³-hybridized carbons (Fsp3) is 0.300. The highest BCUT2D eigenvalue weighted by Crippen LogP contribution is 2.47. The molecule has 6 aliphatic rings. The molecule has 0 bridgehead atoms. The molecule has 4 saturated heterocycles. The number of likely N-dealkylation sites (N-methyl/N-ethyl adjacent to an activating group) is 3. The third-order valence-corrected chi connectivity index (χ3v) is 25.3. The summed E-state index contributed by atoms with van der Waals surface area (Å²) in [6, 6.07) is 19.6. The van der Waals surface area contributed by atoms with E-state index in [-0.39, 0.29) is 104 Å². The van der Waals surface area contributed by atoms with Crippen LogP contribution in [0.3, 0.4) is 0 Å². The van der Waals surface area contributed by atoms with Crippen molar-refractivity contribution in [2.45, 2.75) is 45.1 Å². The summed E-state index contributed by atoms with van der Waals surface area (Å²) in [5, 5.41) is 23.8. The van der Waals surface area contributed by atoms with Crippen LogP contribution in [0.2, 0.25) is 25.2 Å². The van der Waals surface area contributed by atoms with Crippen LogP contribution in [0.4, 0.5) is 26.2 Å². The number of ether oxygens (including phenoxy) is 7. The van der Waals surface area contributed by atoms with E-state index in [9.17, 15) is 23.2 Å². The number of likely N-dealkylation sites (tertiary alicyclic amines) is 1. The first kappa shape index (κ1) is 84.8. The van der Waals surface area contributed by atoms with E-state index in [1.54, 1.807) is 51.5 Å².